The van der Waals surface area contributed by atoms with Gasteiger partial charge in [0.15, 0.2) is 0 Å². The molecular weight excluding hydrogens is 501 g/mol. The number of halogens is 3. The Morgan fingerprint density at radius 2 is 1.95 bits per heavy atom. The van der Waals surface area contributed by atoms with Gasteiger partial charge in [0.1, 0.15) is 11.6 Å². The number of imidazole rings is 1. The second-order valence-electron chi connectivity index (χ2n) is 4.41. The fourth-order valence-electron chi connectivity index (χ4n) is 2.15. The normalized spacial score (nSPS) is 11.2. The zero-order chi connectivity index (χ0) is 14.4. The summed E-state index contributed by atoms with van der Waals surface area (Å²) >= 11 is 10.4. The van der Waals surface area contributed by atoms with Gasteiger partial charge in [0.2, 0.25) is 0 Å². The van der Waals surface area contributed by atoms with Crippen LogP contribution in [0.4, 0.5) is 0 Å². The number of aromatic hydroxyl groups is 1. The lowest BCUT2D eigenvalue weighted by atomic mass is 10.2. The van der Waals surface area contributed by atoms with Crippen molar-refractivity contribution >= 4 is 67.8 Å². The molecule has 0 saturated heterocycles. The maximum atomic E-state index is 10.3. The van der Waals surface area contributed by atoms with Gasteiger partial charge in [-0.15, -0.1) is 0 Å². The Balaban J connectivity index is 2.32. The van der Waals surface area contributed by atoms with Crippen LogP contribution in [-0.4, -0.2) is 14.7 Å². The number of phenolic OH excluding ortho intramolecular Hbond substituents is 1. The van der Waals surface area contributed by atoms with E-state index in [0.717, 1.165) is 29.6 Å². The molecule has 1 aromatic heterocycles. The van der Waals surface area contributed by atoms with E-state index in [4.69, 9.17) is 11.6 Å². The summed E-state index contributed by atoms with van der Waals surface area (Å²) in [6.45, 7) is 0. The van der Waals surface area contributed by atoms with Crippen LogP contribution in [-0.2, 0) is 7.05 Å². The van der Waals surface area contributed by atoms with Crippen molar-refractivity contribution in [3.63, 3.8) is 0 Å². The number of fused-ring (bicyclic) bond motifs is 1. The predicted octanol–water partition coefficient (Wildman–Crippen LogP) is 4.81. The first-order valence-electron chi connectivity index (χ1n) is 5.77. The van der Waals surface area contributed by atoms with Gasteiger partial charge < -0.3 is 9.67 Å². The molecule has 3 aromatic rings. The van der Waals surface area contributed by atoms with E-state index in [1.54, 1.807) is 0 Å². The van der Waals surface area contributed by atoms with Crippen LogP contribution in [0.5, 0.6) is 5.75 Å². The molecule has 0 fully saturated rings. The van der Waals surface area contributed by atoms with E-state index in [9.17, 15) is 5.11 Å². The molecule has 0 bridgehead atoms. The lowest BCUT2D eigenvalue weighted by Crippen LogP contribution is -1.94. The summed E-state index contributed by atoms with van der Waals surface area (Å²) in [5.74, 6) is 0.992. The molecule has 3 nitrogen and oxygen atoms in total. The highest BCUT2D eigenvalue weighted by molar-refractivity contribution is 14.1. The summed E-state index contributed by atoms with van der Waals surface area (Å²) in [5.41, 5.74) is 2.54. The fraction of sp³-hybridized carbons (Fsp3) is 0.0714. The van der Waals surface area contributed by atoms with Crippen molar-refractivity contribution < 1.29 is 5.11 Å². The highest BCUT2D eigenvalue weighted by Gasteiger charge is 2.16. The van der Waals surface area contributed by atoms with E-state index in [1.165, 1.54) is 0 Å². The number of aryl methyl sites for hydroxylation is 1. The van der Waals surface area contributed by atoms with Gasteiger partial charge in [0.25, 0.3) is 0 Å². The zero-order valence-corrected chi connectivity index (χ0v) is 15.4. The van der Waals surface area contributed by atoms with Gasteiger partial charge in [0, 0.05) is 15.6 Å². The molecule has 2 aromatic carbocycles. The van der Waals surface area contributed by atoms with Gasteiger partial charge in [0.05, 0.1) is 20.2 Å². The van der Waals surface area contributed by atoms with Crippen LogP contribution in [0, 0.1) is 7.14 Å². The monoisotopic (exact) mass is 510 g/mol. The van der Waals surface area contributed by atoms with Crippen molar-refractivity contribution in [2.24, 2.45) is 7.05 Å². The third-order valence-electron chi connectivity index (χ3n) is 3.11. The molecule has 6 heteroatoms. The van der Waals surface area contributed by atoms with Crippen LogP contribution < -0.4 is 0 Å². The van der Waals surface area contributed by atoms with E-state index >= 15 is 0 Å². The van der Waals surface area contributed by atoms with Crippen molar-refractivity contribution in [2.75, 3.05) is 0 Å². The summed E-state index contributed by atoms with van der Waals surface area (Å²) in [6.07, 6.45) is 0. The Morgan fingerprint density at radius 1 is 1.20 bits per heavy atom. The molecule has 0 radical (unpaired) electrons. The molecule has 0 spiro atoms. The molecule has 0 unspecified atom stereocenters. The smallest absolute Gasteiger partial charge is 0.144 e. The lowest BCUT2D eigenvalue weighted by Gasteiger charge is -2.07. The Labute approximate surface area is 148 Å². The largest absolute Gasteiger partial charge is 0.506 e. The molecule has 0 aliphatic heterocycles. The third kappa shape index (κ3) is 2.39. The first kappa shape index (κ1) is 14.4. The van der Waals surface area contributed by atoms with E-state index < -0.39 is 0 Å². The standard InChI is InChI=1S/C14H9ClI2N2O/c1-19-12-3-2-7(15)4-11(12)18-14(19)9-5-8(16)6-10(17)13(9)20/h2-6,20H,1H3. The van der Waals surface area contributed by atoms with E-state index in [2.05, 4.69) is 50.2 Å². The molecule has 1 N–H and O–H groups in total. The molecule has 0 saturated carbocycles. The Kier molecular flexibility index (Phi) is 3.85. The summed E-state index contributed by atoms with van der Waals surface area (Å²) in [7, 11) is 1.94. The topological polar surface area (TPSA) is 38.0 Å². The van der Waals surface area contributed by atoms with Gasteiger partial charge in [-0.25, -0.2) is 4.98 Å². The molecule has 0 atom stereocenters. The van der Waals surface area contributed by atoms with Gasteiger partial charge in [-0.1, -0.05) is 11.6 Å². The molecule has 102 valence electrons. The number of rotatable bonds is 1. The summed E-state index contributed by atoms with van der Waals surface area (Å²) < 4.78 is 3.84. The van der Waals surface area contributed by atoms with Crippen molar-refractivity contribution in [3.8, 4) is 17.1 Å². The van der Waals surface area contributed by atoms with Crippen LogP contribution in [0.2, 0.25) is 5.02 Å². The second-order valence-corrected chi connectivity index (χ2v) is 7.26. The van der Waals surface area contributed by atoms with Gasteiger partial charge in [-0.05, 0) is 75.5 Å². The summed E-state index contributed by atoms with van der Waals surface area (Å²) in [5, 5.41) is 10.9. The van der Waals surface area contributed by atoms with Crippen LogP contribution in [0.25, 0.3) is 22.4 Å². The van der Waals surface area contributed by atoms with E-state index in [0.29, 0.717) is 5.02 Å². The number of hydrogen-bond acceptors (Lipinski definition) is 2. The third-order valence-corrected chi connectivity index (χ3v) is 4.79. The molecule has 0 aliphatic carbocycles. The molecule has 1 heterocycles. The van der Waals surface area contributed by atoms with Crippen molar-refractivity contribution in [1.29, 1.82) is 0 Å². The minimum atomic E-state index is 0.260. The molecular formula is C14H9ClI2N2O. The highest BCUT2D eigenvalue weighted by Crippen LogP contribution is 2.35. The second kappa shape index (κ2) is 5.34. The maximum absolute atomic E-state index is 10.3. The number of hydrogen-bond donors (Lipinski definition) is 1. The van der Waals surface area contributed by atoms with Crippen molar-refractivity contribution in [3.05, 3.63) is 42.5 Å². The lowest BCUT2D eigenvalue weighted by molar-refractivity contribution is 0.472. The summed E-state index contributed by atoms with van der Waals surface area (Å²) in [6, 6.07) is 9.47. The minimum absolute atomic E-state index is 0.260. The van der Waals surface area contributed by atoms with E-state index in [-0.39, 0.29) is 5.75 Å². The average molecular weight is 511 g/mol. The van der Waals surface area contributed by atoms with Crippen molar-refractivity contribution in [2.45, 2.75) is 0 Å². The average Bonchev–Trinajstić information content (AvgIpc) is 2.70. The Morgan fingerprint density at radius 3 is 2.70 bits per heavy atom. The first-order valence-corrected chi connectivity index (χ1v) is 8.31. The quantitative estimate of drug-likeness (QED) is 0.478. The van der Waals surface area contributed by atoms with Gasteiger partial charge in [-0.3, -0.25) is 0 Å². The van der Waals surface area contributed by atoms with Crippen LogP contribution >= 0.6 is 56.8 Å². The number of aromatic nitrogens is 2. The fourth-order valence-corrected chi connectivity index (χ4v) is 4.16. The first-order chi connectivity index (χ1) is 9.47. The number of benzene rings is 2. The minimum Gasteiger partial charge on any atom is -0.506 e. The van der Waals surface area contributed by atoms with Gasteiger partial charge in [-0.2, -0.15) is 0 Å². The maximum Gasteiger partial charge on any atom is 0.144 e. The predicted molar refractivity (Wildman–Crippen MR) is 98.3 cm³/mol. The van der Waals surface area contributed by atoms with Gasteiger partial charge >= 0.3 is 0 Å². The Hall–Kier alpha value is -0.540. The van der Waals surface area contributed by atoms with Crippen LogP contribution in [0.1, 0.15) is 0 Å². The molecule has 20 heavy (non-hydrogen) atoms. The summed E-state index contributed by atoms with van der Waals surface area (Å²) in [4.78, 5) is 4.60. The molecule has 3 rings (SSSR count). The van der Waals surface area contributed by atoms with Crippen molar-refractivity contribution in [1.82, 2.24) is 9.55 Å². The zero-order valence-electron chi connectivity index (χ0n) is 10.4. The number of phenols is 1. The SMILES string of the molecule is Cn1c(-c2cc(I)cc(I)c2O)nc2cc(Cl)ccc21. The Bertz CT molecular complexity index is 830. The highest BCUT2D eigenvalue weighted by atomic mass is 127. The van der Waals surface area contributed by atoms with Crippen LogP contribution in [0.3, 0.4) is 0 Å². The number of nitrogens with zero attached hydrogens (tertiary/aromatic N) is 2. The molecule has 0 amide bonds. The molecule has 0 aliphatic rings. The van der Waals surface area contributed by atoms with E-state index in [1.807, 2.05) is 41.9 Å². The van der Waals surface area contributed by atoms with Crippen LogP contribution in [0.15, 0.2) is 30.3 Å².